The summed E-state index contributed by atoms with van der Waals surface area (Å²) in [4.78, 5) is 22.5. The van der Waals surface area contributed by atoms with Crippen LogP contribution in [0.3, 0.4) is 0 Å². The molecule has 30 heavy (non-hydrogen) atoms. The molecule has 1 fully saturated rings. The van der Waals surface area contributed by atoms with Gasteiger partial charge in [-0.25, -0.2) is 4.99 Å². The summed E-state index contributed by atoms with van der Waals surface area (Å²) in [6.45, 7) is 12.5. The lowest BCUT2D eigenvalue weighted by Gasteiger charge is -2.36. The normalized spacial score (nSPS) is 15.5. The Labute approximate surface area is 177 Å². The van der Waals surface area contributed by atoms with E-state index in [2.05, 4.69) is 66.8 Å². The van der Waals surface area contributed by atoms with E-state index in [0.717, 1.165) is 23.2 Å². The number of oxime groups is 1. The third-order valence-electron chi connectivity index (χ3n) is 5.28. The van der Waals surface area contributed by atoms with Crippen LogP contribution in [0.4, 0.5) is 0 Å². The van der Waals surface area contributed by atoms with E-state index in [9.17, 15) is 4.79 Å². The van der Waals surface area contributed by atoms with Gasteiger partial charge in [0.15, 0.2) is 5.84 Å². The van der Waals surface area contributed by atoms with Gasteiger partial charge >= 0.3 is 5.97 Å². The highest BCUT2D eigenvalue weighted by molar-refractivity contribution is 6.01. The maximum absolute atomic E-state index is 10.9. The molecule has 0 saturated carbocycles. The van der Waals surface area contributed by atoms with Crippen LogP contribution in [-0.4, -0.2) is 41.6 Å². The summed E-state index contributed by atoms with van der Waals surface area (Å²) in [7, 11) is 0. The quantitative estimate of drug-likeness (QED) is 0.426. The zero-order chi connectivity index (χ0) is 21.7. The highest BCUT2D eigenvalue weighted by Gasteiger charge is 2.32. The van der Waals surface area contributed by atoms with E-state index in [4.69, 9.17) is 9.94 Å². The Morgan fingerprint density at radius 1 is 1.10 bits per heavy atom. The van der Waals surface area contributed by atoms with E-state index >= 15 is 0 Å². The standard InChI is InChI=1S/C24H29N3O3/c1-24(2,3)21-11-7-18(8-12-21)16-30-26-22(25-4)19-9-5-17(6-10-19)13-27-14-20(15-27)23(28)29/h5-12,20H,4,13-16H2,1-3H3,(H,28,29)/b26-22-. The molecule has 0 aliphatic carbocycles. The van der Waals surface area contributed by atoms with Crippen LogP contribution in [0.2, 0.25) is 0 Å². The Balaban J connectivity index is 1.54. The summed E-state index contributed by atoms with van der Waals surface area (Å²) in [5, 5.41) is 13.1. The number of amidine groups is 1. The number of hydrogen-bond acceptors (Lipinski definition) is 4. The molecule has 0 amide bonds. The first-order valence-corrected chi connectivity index (χ1v) is 10.1. The second-order valence-electron chi connectivity index (χ2n) is 8.72. The maximum atomic E-state index is 10.9. The predicted octanol–water partition coefficient (Wildman–Crippen LogP) is 4.08. The van der Waals surface area contributed by atoms with E-state index in [1.807, 2.05) is 24.3 Å². The molecule has 1 aliphatic heterocycles. The molecule has 158 valence electrons. The Morgan fingerprint density at radius 2 is 1.70 bits per heavy atom. The van der Waals surface area contributed by atoms with E-state index in [0.29, 0.717) is 25.5 Å². The summed E-state index contributed by atoms with van der Waals surface area (Å²) < 4.78 is 0. The highest BCUT2D eigenvalue weighted by Crippen LogP contribution is 2.22. The molecule has 3 rings (SSSR count). The lowest BCUT2D eigenvalue weighted by molar-refractivity contribution is -0.147. The minimum atomic E-state index is -0.718. The smallest absolute Gasteiger partial charge is 0.309 e. The molecular weight excluding hydrogens is 378 g/mol. The van der Waals surface area contributed by atoms with Gasteiger partial charge in [-0.3, -0.25) is 9.69 Å². The van der Waals surface area contributed by atoms with Crippen molar-refractivity contribution in [3.63, 3.8) is 0 Å². The van der Waals surface area contributed by atoms with Crippen molar-refractivity contribution in [1.29, 1.82) is 0 Å². The predicted molar refractivity (Wildman–Crippen MR) is 119 cm³/mol. The van der Waals surface area contributed by atoms with Crippen molar-refractivity contribution >= 4 is 18.5 Å². The van der Waals surface area contributed by atoms with Crippen molar-refractivity contribution in [2.75, 3.05) is 13.1 Å². The van der Waals surface area contributed by atoms with E-state index < -0.39 is 5.97 Å². The van der Waals surface area contributed by atoms with Crippen LogP contribution in [0.1, 0.15) is 43.0 Å². The number of carboxylic acids is 1. The molecule has 1 saturated heterocycles. The molecule has 2 aromatic rings. The number of aliphatic carboxylic acids is 1. The molecule has 0 atom stereocenters. The summed E-state index contributed by atoms with van der Waals surface area (Å²) in [6.07, 6.45) is 0. The number of hydrogen-bond donors (Lipinski definition) is 1. The fourth-order valence-electron chi connectivity index (χ4n) is 3.31. The van der Waals surface area contributed by atoms with Crippen LogP contribution in [0.25, 0.3) is 0 Å². The molecule has 6 heteroatoms. The Hall–Kier alpha value is -2.99. The van der Waals surface area contributed by atoms with Gasteiger partial charge in [-0.1, -0.05) is 74.5 Å². The van der Waals surface area contributed by atoms with Gasteiger partial charge in [0, 0.05) is 25.2 Å². The van der Waals surface area contributed by atoms with E-state index in [-0.39, 0.29) is 11.3 Å². The zero-order valence-corrected chi connectivity index (χ0v) is 17.8. The summed E-state index contributed by atoms with van der Waals surface area (Å²) >= 11 is 0. The first kappa shape index (κ1) is 21.7. The van der Waals surface area contributed by atoms with Gasteiger partial charge in [0.1, 0.15) is 6.61 Å². The average molecular weight is 408 g/mol. The molecule has 6 nitrogen and oxygen atoms in total. The van der Waals surface area contributed by atoms with Crippen molar-refractivity contribution in [2.45, 2.75) is 39.3 Å². The monoisotopic (exact) mass is 407 g/mol. The molecule has 1 heterocycles. The van der Waals surface area contributed by atoms with Gasteiger partial charge in [-0.15, -0.1) is 0 Å². The third kappa shape index (κ3) is 5.54. The van der Waals surface area contributed by atoms with Crippen molar-refractivity contribution in [1.82, 2.24) is 4.90 Å². The SMILES string of the molecule is C=N/C(=N\OCc1ccc(C(C)(C)C)cc1)c1ccc(CN2CC(C(=O)O)C2)cc1. The van der Waals surface area contributed by atoms with Gasteiger partial charge in [-0.05, 0) is 28.8 Å². The number of aliphatic imine (C=N–C) groups is 1. The summed E-state index contributed by atoms with van der Waals surface area (Å²) in [5.74, 6) is -0.526. The molecule has 0 radical (unpaired) electrons. The van der Waals surface area contributed by atoms with Crippen LogP contribution < -0.4 is 0 Å². The fraction of sp³-hybridized carbons (Fsp3) is 0.375. The third-order valence-corrected chi connectivity index (χ3v) is 5.28. The van der Waals surface area contributed by atoms with Gasteiger partial charge in [0.05, 0.1) is 5.92 Å². The number of nitrogens with zero attached hydrogens (tertiary/aromatic N) is 3. The van der Waals surface area contributed by atoms with Crippen LogP contribution >= 0.6 is 0 Å². The first-order valence-electron chi connectivity index (χ1n) is 10.1. The zero-order valence-electron chi connectivity index (χ0n) is 17.8. The lowest BCUT2D eigenvalue weighted by Crippen LogP contribution is -2.49. The Morgan fingerprint density at radius 3 is 2.23 bits per heavy atom. The van der Waals surface area contributed by atoms with Gasteiger partial charge < -0.3 is 9.94 Å². The Bertz CT molecular complexity index is 906. The second kappa shape index (κ2) is 9.22. The number of likely N-dealkylation sites (tertiary alicyclic amines) is 1. The molecule has 0 unspecified atom stereocenters. The number of carbonyl (C=O) groups is 1. The van der Waals surface area contributed by atoms with Crippen LogP contribution in [0, 0.1) is 5.92 Å². The highest BCUT2D eigenvalue weighted by atomic mass is 16.6. The molecule has 2 aromatic carbocycles. The van der Waals surface area contributed by atoms with Crippen molar-refractivity contribution in [3.05, 3.63) is 70.8 Å². The minimum Gasteiger partial charge on any atom is -0.481 e. The van der Waals surface area contributed by atoms with Crippen LogP contribution in [0.5, 0.6) is 0 Å². The van der Waals surface area contributed by atoms with Gasteiger partial charge in [0.2, 0.25) is 0 Å². The molecule has 0 spiro atoms. The van der Waals surface area contributed by atoms with Crippen molar-refractivity contribution < 1.29 is 14.7 Å². The second-order valence-corrected chi connectivity index (χ2v) is 8.72. The van der Waals surface area contributed by atoms with Crippen molar-refractivity contribution in [3.8, 4) is 0 Å². The van der Waals surface area contributed by atoms with Crippen molar-refractivity contribution in [2.24, 2.45) is 16.1 Å². The summed E-state index contributed by atoms with van der Waals surface area (Å²) in [6, 6.07) is 16.2. The van der Waals surface area contributed by atoms with E-state index in [1.54, 1.807) is 0 Å². The molecule has 0 bridgehead atoms. The van der Waals surface area contributed by atoms with Crippen LogP contribution in [0.15, 0.2) is 58.7 Å². The largest absolute Gasteiger partial charge is 0.481 e. The molecular formula is C24H29N3O3. The number of rotatable bonds is 7. The number of benzene rings is 2. The number of carboxylic acid groups (broad SMARTS) is 1. The maximum Gasteiger partial charge on any atom is 0.309 e. The lowest BCUT2D eigenvalue weighted by atomic mass is 9.87. The van der Waals surface area contributed by atoms with Gasteiger partial charge in [0.25, 0.3) is 0 Å². The summed E-state index contributed by atoms with van der Waals surface area (Å²) in [5.41, 5.74) is 4.38. The topological polar surface area (TPSA) is 74.5 Å². The van der Waals surface area contributed by atoms with Crippen LogP contribution in [-0.2, 0) is 28.2 Å². The first-order chi connectivity index (χ1) is 14.3. The van der Waals surface area contributed by atoms with E-state index in [1.165, 1.54) is 5.56 Å². The fourth-order valence-corrected chi connectivity index (χ4v) is 3.31. The van der Waals surface area contributed by atoms with Gasteiger partial charge in [-0.2, -0.15) is 0 Å². The molecule has 1 N–H and O–H groups in total. The average Bonchev–Trinajstić information content (AvgIpc) is 2.68. The Kier molecular flexibility index (Phi) is 6.67. The molecule has 0 aromatic heterocycles. The molecule has 1 aliphatic rings. The minimum absolute atomic E-state index is 0.122.